The minimum absolute atomic E-state index is 0.0151. The molecule has 138 valence electrons. The van der Waals surface area contributed by atoms with Crippen LogP contribution in [0.3, 0.4) is 0 Å². The summed E-state index contributed by atoms with van der Waals surface area (Å²) in [5.41, 5.74) is 3.53. The summed E-state index contributed by atoms with van der Waals surface area (Å²) >= 11 is 5.96. The smallest absolute Gasteiger partial charge is 0.227 e. The lowest BCUT2D eigenvalue weighted by Gasteiger charge is -2.24. The number of fused-ring (bicyclic) bond motifs is 2. The summed E-state index contributed by atoms with van der Waals surface area (Å²) in [6, 6.07) is 11.4. The molecule has 3 heterocycles. The first-order chi connectivity index (χ1) is 13.1. The Morgan fingerprint density at radius 3 is 3.00 bits per heavy atom. The van der Waals surface area contributed by atoms with Crippen LogP contribution in [0.2, 0.25) is 5.02 Å². The SMILES string of the molecule is O=C(CCC1Cc2ccccc2NC1=O)NCc1cn2cc(Cl)ccc2n1. The number of para-hydroxylation sites is 1. The summed E-state index contributed by atoms with van der Waals surface area (Å²) in [6.07, 6.45) is 5.11. The highest BCUT2D eigenvalue weighted by Crippen LogP contribution is 2.27. The third-order valence-electron chi connectivity index (χ3n) is 4.76. The molecule has 0 aliphatic carbocycles. The Morgan fingerprint density at radius 2 is 2.11 bits per heavy atom. The first-order valence-corrected chi connectivity index (χ1v) is 9.25. The minimum atomic E-state index is -0.178. The van der Waals surface area contributed by atoms with Crippen LogP contribution < -0.4 is 10.6 Å². The molecule has 0 saturated heterocycles. The van der Waals surface area contributed by atoms with Crippen LogP contribution >= 0.6 is 11.6 Å². The number of pyridine rings is 1. The quantitative estimate of drug-likeness (QED) is 0.711. The number of hydrogen-bond donors (Lipinski definition) is 2. The zero-order chi connectivity index (χ0) is 18.8. The fourth-order valence-corrected chi connectivity index (χ4v) is 3.50. The largest absolute Gasteiger partial charge is 0.350 e. The van der Waals surface area contributed by atoms with Crippen LogP contribution in [0.15, 0.2) is 48.8 Å². The first-order valence-electron chi connectivity index (χ1n) is 8.87. The molecular weight excluding hydrogens is 364 g/mol. The van der Waals surface area contributed by atoms with E-state index in [0.29, 0.717) is 30.8 Å². The van der Waals surface area contributed by atoms with Crippen molar-refractivity contribution in [3.8, 4) is 0 Å². The number of benzene rings is 1. The Hall–Kier alpha value is -2.86. The molecule has 0 spiro atoms. The van der Waals surface area contributed by atoms with Crippen molar-refractivity contribution in [2.24, 2.45) is 5.92 Å². The average Bonchev–Trinajstić information content (AvgIpc) is 3.06. The van der Waals surface area contributed by atoms with Crippen molar-refractivity contribution in [3.63, 3.8) is 0 Å². The summed E-state index contributed by atoms with van der Waals surface area (Å²) in [5.74, 6) is -0.279. The summed E-state index contributed by atoms with van der Waals surface area (Å²) in [4.78, 5) is 28.8. The van der Waals surface area contributed by atoms with Crippen LogP contribution in [-0.4, -0.2) is 21.2 Å². The molecule has 1 aliphatic heterocycles. The minimum Gasteiger partial charge on any atom is -0.350 e. The molecule has 4 rings (SSSR count). The lowest BCUT2D eigenvalue weighted by atomic mass is 9.89. The molecule has 2 N–H and O–H groups in total. The van der Waals surface area contributed by atoms with Gasteiger partial charge in [-0.05, 0) is 36.6 Å². The monoisotopic (exact) mass is 382 g/mol. The number of halogens is 1. The Morgan fingerprint density at radius 1 is 1.26 bits per heavy atom. The van der Waals surface area contributed by atoms with E-state index in [1.807, 2.05) is 40.9 Å². The second-order valence-corrected chi connectivity index (χ2v) is 7.14. The number of amides is 2. The van der Waals surface area contributed by atoms with Crippen LogP contribution in [0.5, 0.6) is 0 Å². The van der Waals surface area contributed by atoms with Crippen LogP contribution in [0.25, 0.3) is 5.65 Å². The third-order valence-corrected chi connectivity index (χ3v) is 4.99. The van der Waals surface area contributed by atoms with E-state index in [2.05, 4.69) is 15.6 Å². The molecule has 3 aromatic rings. The molecule has 0 fully saturated rings. The van der Waals surface area contributed by atoms with Gasteiger partial charge >= 0.3 is 0 Å². The first kappa shape index (κ1) is 17.5. The number of hydrogen-bond acceptors (Lipinski definition) is 3. The molecule has 2 amide bonds. The second-order valence-electron chi connectivity index (χ2n) is 6.71. The Kier molecular flexibility index (Phi) is 4.81. The van der Waals surface area contributed by atoms with Crippen molar-refractivity contribution < 1.29 is 9.59 Å². The number of nitrogens with one attached hydrogen (secondary N) is 2. The van der Waals surface area contributed by atoms with Crippen LogP contribution in [0, 0.1) is 5.92 Å². The predicted octanol–water partition coefficient (Wildman–Crippen LogP) is 3.20. The van der Waals surface area contributed by atoms with Gasteiger partial charge in [0.15, 0.2) is 0 Å². The Labute approximate surface area is 161 Å². The van der Waals surface area contributed by atoms with Crippen molar-refractivity contribution in [1.29, 1.82) is 0 Å². The number of carbonyl (C=O) groups excluding carboxylic acids is 2. The zero-order valence-corrected chi connectivity index (χ0v) is 15.4. The fourth-order valence-electron chi connectivity index (χ4n) is 3.33. The van der Waals surface area contributed by atoms with Gasteiger partial charge in [0, 0.05) is 30.4 Å². The molecule has 7 heteroatoms. The fraction of sp³-hybridized carbons (Fsp3) is 0.250. The van der Waals surface area contributed by atoms with Gasteiger partial charge in [-0.1, -0.05) is 29.8 Å². The van der Waals surface area contributed by atoms with Gasteiger partial charge in [0.25, 0.3) is 0 Å². The Bertz CT molecular complexity index is 1010. The molecule has 1 aliphatic rings. The number of nitrogens with zero attached hydrogens (tertiary/aromatic N) is 2. The number of anilines is 1. The van der Waals surface area contributed by atoms with Crippen molar-refractivity contribution in [2.45, 2.75) is 25.8 Å². The molecule has 0 bridgehead atoms. The third kappa shape index (κ3) is 3.95. The summed E-state index contributed by atoms with van der Waals surface area (Å²) in [6.45, 7) is 0.345. The molecule has 1 aromatic carbocycles. The van der Waals surface area contributed by atoms with E-state index in [1.54, 1.807) is 12.3 Å². The lowest BCUT2D eigenvalue weighted by molar-refractivity contribution is -0.123. The molecule has 0 saturated carbocycles. The Balaban J connectivity index is 1.30. The second kappa shape index (κ2) is 7.40. The van der Waals surface area contributed by atoms with E-state index in [1.165, 1.54) is 0 Å². The van der Waals surface area contributed by atoms with Gasteiger partial charge in [-0.2, -0.15) is 0 Å². The van der Waals surface area contributed by atoms with Gasteiger partial charge in [-0.25, -0.2) is 4.98 Å². The number of carbonyl (C=O) groups is 2. The molecule has 1 atom stereocenters. The number of rotatable bonds is 5. The molecule has 0 radical (unpaired) electrons. The van der Waals surface area contributed by atoms with Gasteiger partial charge in [0.1, 0.15) is 5.65 Å². The lowest BCUT2D eigenvalue weighted by Crippen LogP contribution is -2.31. The van der Waals surface area contributed by atoms with Gasteiger partial charge in [-0.3, -0.25) is 9.59 Å². The molecule has 27 heavy (non-hydrogen) atoms. The standard InChI is InChI=1S/C20H19ClN4O2/c21-15-6-7-18-23-16(12-25(18)11-15)10-22-19(26)8-5-14-9-13-3-1-2-4-17(13)24-20(14)27/h1-4,6-7,11-12,14H,5,8-10H2,(H,22,26)(H,24,27). The highest BCUT2D eigenvalue weighted by Gasteiger charge is 2.26. The van der Waals surface area contributed by atoms with Crippen molar-refractivity contribution in [1.82, 2.24) is 14.7 Å². The van der Waals surface area contributed by atoms with Crippen molar-refractivity contribution >= 4 is 34.7 Å². The van der Waals surface area contributed by atoms with Crippen LogP contribution in [-0.2, 0) is 22.6 Å². The normalized spacial score (nSPS) is 16.0. The topological polar surface area (TPSA) is 75.5 Å². The van der Waals surface area contributed by atoms with Crippen molar-refractivity contribution in [2.75, 3.05) is 5.32 Å². The number of aromatic nitrogens is 2. The van der Waals surface area contributed by atoms with E-state index in [0.717, 1.165) is 22.6 Å². The highest BCUT2D eigenvalue weighted by molar-refractivity contribution is 6.30. The van der Waals surface area contributed by atoms with Crippen LogP contribution in [0.4, 0.5) is 5.69 Å². The van der Waals surface area contributed by atoms with Gasteiger partial charge < -0.3 is 15.0 Å². The molecule has 6 nitrogen and oxygen atoms in total. The van der Waals surface area contributed by atoms with E-state index in [9.17, 15) is 9.59 Å². The van der Waals surface area contributed by atoms with E-state index in [4.69, 9.17) is 11.6 Å². The van der Waals surface area contributed by atoms with E-state index < -0.39 is 0 Å². The van der Waals surface area contributed by atoms with Crippen molar-refractivity contribution in [3.05, 3.63) is 65.1 Å². The molecule has 2 aromatic heterocycles. The van der Waals surface area contributed by atoms with Crippen LogP contribution in [0.1, 0.15) is 24.1 Å². The van der Waals surface area contributed by atoms with Gasteiger partial charge in [0.05, 0.1) is 17.3 Å². The average molecular weight is 383 g/mol. The number of imidazole rings is 1. The zero-order valence-electron chi connectivity index (χ0n) is 14.6. The van der Waals surface area contributed by atoms with E-state index in [-0.39, 0.29) is 17.7 Å². The van der Waals surface area contributed by atoms with Gasteiger partial charge in [0.2, 0.25) is 11.8 Å². The highest BCUT2D eigenvalue weighted by atomic mass is 35.5. The van der Waals surface area contributed by atoms with Gasteiger partial charge in [-0.15, -0.1) is 0 Å². The summed E-state index contributed by atoms with van der Waals surface area (Å²) in [7, 11) is 0. The summed E-state index contributed by atoms with van der Waals surface area (Å²) < 4.78 is 1.83. The maximum absolute atomic E-state index is 12.2. The maximum atomic E-state index is 12.2. The summed E-state index contributed by atoms with van der Waals surface area (Å²) in [5, 5.41) is 6.41. The predicted molar refractivity (Wildman–Crippen MR) is 104 cm³/mol. The maximum Gasteiger partial charge on any atom is 0.227 e. The molecule has 1 unspecified atom stereocenters. The molecular formula is C20H19ClN4O2. The van der Waals surface area contributed by atoms with E-state index >= 15 is 0 Å².